The first-order chi connectivity index (χ1) is 8.98. The normalized spacial score (nSPS) is 22.1. The molecule has 0 bridgehead atoms. The van der Waals surface area contributed by atoms with Crippen molar-refractivity contribution in [1.29, 1.82) is 0 Å². The lowest BCUT2D eigenvalue weighted by molar-refractivity contribution is 0.599. The first-order valence-electron chi connectivity index (χ1n) is 6.54. The molecule has 1 aliphatic heterocycles. The number of nitrogens with zero attached hydrogens (tertiary/aromatic N) is 1. The van der Waals surface area contributed by atoms with Gasteiger partial charge in [0.25, 0.3) is 0 Å². The van der Waals surface area contributed by atoms with E-state index in [1.165, 1.54) is 0 Å². The Hall–Kier alpha value is -0.680. The average molecular weight is 344 g/mol. The third-order valence-corrected chi connectivity index (χ3v) is 5.92. The molecule has 0 fully saturated rings. The molecular formula is C14H18BrNO2S. The first-order valence-corrected chi connectivity index (χ1v) is 8.98. The summed E-state index contributed by atoms with van der Waals surface area (Å²) in [5, 5.41) is 0. The average Bonchev–Trinajstić information content (AvgIpc) is 3.00. The van der Waals surface area contributed by atoms with Crippen molar-refractivity contribution < 1.29 is 8.42 Å². The molecule has 0 saturated heterocycles. The number of aliphatic imine (C=N–C) groups is 1. The van der Waals surface area contributed by atoms with Crippen LogP contribution in [0.3, 0.4) is 0 Å². The standard InChI is InChI=1S/C14H18BrNO2S/c1-2-3-7-10-14(15)13(16-14)11-19(17,18)12-8-5-4-6-9-12/h4-6,8-9H,2-3,7,10-11H2,1H3. The van der Waals surface area contributed by atoms with E-state index in [0.717, 1.165) is 31.4 Å². The highest BCUT2D eigenvalue weighted by molar-refractivity contribution is 9.10. The molecule has 0 saturated carbocycles. The highest BCUT2D eigenvalue weighted by Gasteiger charge is 2.45. The summed E-state index contributed by atoms with van der Waals surface area (Å²) < 4.78 is 24.0. The van der Waals surface area contributed by atoms with Gasteiger partial charge in [-0.2, -0.15) is 0 Å². The Bertz CT molecular complexity index is 568. The van der Waals surface area contributed by atoms with Gasteiger partial charge < -0.3 is 0 Å². The molecular weight excluding hydrogens is 326 g/mol. The Morgan fingerprint density at radius 1 is 1.21 bits per heavy atom. The van der Waals surface area contributed by atoms with Crippen LogP contribution < -0.4 is 0 Å². The number of alkyl halides is 1. The van der Waals surface area contributed by atoms with Gasteiger partial charge >= 0.3 is 0 Å². The van der Waals surface area contributed by atoms with E-state index < -0.39 is 9.84 Å². The Labute approximate surface area is 123 Å². The van der Waals surface area contributed by atoms with Crippen LogP contribution in [0.1, 0.15) is 32.6 Å². The van der Waals surface area contributed by atoms with E-state index in [4.69, 9.17) is 0 Å². The van der Waals surface area contributed by atoms with Gasteiger partial charge in [0.2, 0.25) is 0 Å². The van der Waals surface area contributed by atoms with E-state index in [9.17, 15) is 8.42 Å². The van der Waals surface area contributed by atoms with Crippen molar-refractivity contribution in [2.75, 3.05) is 5.75 Å². The number of sulfone groups is 1. The van der Waals surface area contributed by atoms with Gasteiger partial charge in [0.1, 0.15) is 0 Å². The van der Waals surface area contributed by atoms with E-state index in [0.29, 0.717) is 4.90 Å². The number of halogens is 1. The van der Waals surface area contributed by atoms with E-state index in [1.54, 1.807) is 24.3 Å². The summed E-state index contributed by atoms with van der Waals surface area (Å²) in [6.07, 6.45) is 4.27. The highest BCUT2D eigenvalue weighted by Crippen LogP contribution is 2.41. The number of benzene rings is 1. The van der Waals surface area contributed by atoms with Crippen molar-refractivity contribution in [3.05, 3.63) is 30.3 Å². The molecule has 2 rings (SSSR count). The maximum atomic E-state index is 12.2. The van der Waals surface area contributed by atoms with Crippen LogP contribution in [-0.4, -0.2) is 24.3 Å². The van der Waals surface area contributed by atoms with Crippen molar-refractivity contribution >= 4 is 31.5 Å². The van der Waals surface area contributed by atoms with Crippen LogP contribution in [0.15, 0.2) is 40.2 Å². The van der Waals surface area contributed by atoms with Crippen LogP contribution in [0.2, 0.25) is 0 Å². The maximum absolute atomic E-state index is 12.2. The van der Waals surface area contributed by atoms with E-state index in [1.807, 2.05) is 6.07 Å². The lowest BCUT2D eigenvalue weighted by Crippen LogP contribution is -2.19. The fourth-order valence-electron chi connectivity index (χ4n) is 2.03. The zero-order chi connectivity index (χ0) is 13.9. The molecule has 19 heavy (non-hydrogen) atoms. The molecule has 0 radical (unpaired) electrons. The molecule has 1 aromatic carbocycles. The molecule has 5 heteroatoms. The summed E-state index contributed by atoms with van der Waals surface area (Å²) in [7, 11) is -3.26. The van der Waals surface area contributed by atoms with Crippen molar-refractivity contribution in [1.82, 2.24) is 0 Å². The smallest absolute Gasteiger partial charge is 0.183 e. The molecule has 0 N–H and O–H groups in total. The number of rotatable bonds is 7. The fourth-order valence-corrected chi connectivity index (χ4v) is 4.25. The Kier molecular flexibility index (Phi) is 4.46. The summed E-state index contributed by atoms with van der Waals surface area (Å²) >= 11 is 3.54. The van der Waals surface area contributed by atoms with Gasteiger partial charge in [-0.15, -0.1) is 0 Å². The van der Waals surface area contributed by atoms with Gasteiger partial charge in [-0.05, 0) is 25.0 Å². The van der Waals surface area contributed by atoms with Crippen LogP contribution in [0.5, 0.6) is 0 Å². The topological polar surface area (TPSA) is 46.5 Å². The van der Waals surface area contributed by atoms with Crippen molar-refractivity contribution in [3.63, 3.8) is 0 Å². The minimum atomic E-state index is -3.26. The summed E-state index contributed by atoms with van der Waals surface area (Å²) in [4.78, 5) is 4.69. The van der Waals surface area contributed by atoms with Gasteiger partial charge in [0.05, 0.1) is 16.4 Å². The molecule has 1 heterocycles. The van der Waals surface area contributed by atoms with Crippen LogP contribution in [0.25, 0.3) is 0 Å². The summed E-state index contributed by atoms with van der Waals surface area (Å²) in [6, 6.07) is 8.55. The predicted octanol–water partition coefficient (Wildman–Crippen LogP) is 3.59. The Balaban J connectivity index is 1.95. The molecule has 1 aliphatic rings. The summed E-state index contributed by atoms with van der Waals surface area (Å²) in [5.41, 5.74) is 0.757. The second-order valence-electron chi connectivity index (χ2n) is 4.85. The van der Waals surface area contributed by atoms with Gasteiger partial charge in [0, 0.05) is 0 Å². The molecule has 0 spiro atoms. The predicted molar refractivity (Wildman–Crippen MR) is 81.7 cm³/mol. The molecule has 1 aromatic rings. The highest BCUT2D eigenvalue weighted by atomic mass is 79.9. The zero-order valence-corrected chi connectivity index (χ0v) is 13.4. The van der Waals surface area contributed by atoms with Gasteiger partial charge in [-0.1, -0.05) is 53.9 Å². The number of hydrogen-bond acceptors (Lipinski definition) is 3. The minimum absolute atomic E-state index is 0.0222. The molecule has 0 amide bonds. The third-order valence-electron chi connectivity index (χ3n) is 3.25. The second-order valence-corrected chi connectivity index (χ2v) is 8.15. The van der Waals surface area contributed by atoms with Crippen LogP contribution in [0, 0.1) is 0 Å². The quantitative estimate of drug-likeness (QED) is 0.431. The first kappa shape index (κ1) is 14.7. The van der Waals surface area contributed by atoms with E-state index in [-0.39, 0.29) is 10.2 Å². The Morgan fingerprint density at radius 3 is 2.53 bits per heavy atom. The molecule has 104 valence electrons. The maximum Gasteiger partial charge on any atom is 0.183 e. The Morgan fingerprint density at radius 2 is 1.89 bits per heavy atom. The molecule has 1 unspecified atom stereocenters. The number of unbranched alkanes of at least 4 members (excludes halogenated alkanes) is 2. The third kappa shape index (κ3) is 3.66. The molecule has 1 atom stereocenters. The van der Waals surface area contributed by atoms with E-state index >= 15 is 0 Å². The van der Waals surface area contributed by atoms with Crippen LogP contribution in [-0.2, 0) is 9.84 Å². The fraction of sp³-hybridized carbons (Fsp3) is 0.500. The second kappa shape index (κ2) is 5.75. The van der Waals surface area contributed by atoms with Crippen molar-refractivity contribution in [2.24, 2.45) is 4.99 Å². The molecule has 0 aromatic heterocycles. The largest absolute Gasteiger partial charge is 0.265 e. The molecule has 3 nitrogen and oxygen atoms in total. The van der Waals surface area contributed by atoms with Crippen molar-refractivity contribution in [3.8, 4) is 0 Å². The minimum Gasteiger partial charge on any atom is -0.265 e. The lowest BCUT2D eigenvalue weighted by atomic mass is 10.1. The van der Waals surface area contributed by atoms with Gasteiger partial charge in [0.15, 0.2) is 14.3 Å². The molecule has 0 aliphatic carbocycles. The zero-order valence-electron chi connectivity index (χ0n) is 11.0. The van der Waals surface area contributed by atoms with E-state index in [2.05, 4.69) is 27.8 Å². The van der Waals surface area contributed by atoms with Gasteiger partial charge in [-0.25, -0.2) is 8.42 Å². The van der Waals surface area contributed by atoms with Gasteiger partial charge in [-0.3, -0.25) is 4.99 Å². The lowest BCUT2D eigenvalue weighted by Gasteiger charge is -2.07. The van der Waals surface area contributed by atoms with Crippen LogP contribution in [0.4, 0.5) is 0 Å². The summed E-state index contributed by atoms with van der Waals surface area (Å²) in [6.45, 7) is 2.15. The van der Waals surface area contributed by atoms with Crippen LogP contribution >= 0.6 is 15.9 Å². The SMILES string of the molecule is CCCCCC1(Br)N=C1CS(=O)(=O)c1ccccc1. The summed E-state index contributed by atoms with van der Waals surface area (Å²) in [5.74, 6) is 0.0222. The van der Waals surface area contributed by atoms with Crippen molar-refractivity contribution in [2.45, 2.75) is 42.0 Å². The monoisotopic (exact) mass is 343 g/mol. The number of hydrogen-bond donors (Lipinski definition) is 0.